The Morgan fingerprint density at radius 3 is 2.67 bits per heavy atom. The Morgan fingerprint density at radius 2 is 1.97 bits per heavy atom. The predicted molar refractivity (Wildman–Crippen MR) is 133 cm³/mol. The lowest BCUT2D eigenvalue weighted by Gasteiger charge is -2.28. The van der Waals surface area contributed by atoms with Gasteiger partial charge < -0.3 is 20.1 Å². The molecule has 2 heterocycles. The molecule has 1 saturated heterocycles. The summed E-state index contributed by atoms with van der Waals surface area (Å²) in [6.45, 7) is 1.03. The van der Waals surface area contributed by atoms with E-state index in [1.54, 1.807) is 42.5 Å². The largest absolute Gasteiger partial charge is 0.491 e. The van der Waals surface area contributed by atoms with Gasteiger partial charge in [-0.1, -0.05) is 29.8 Å². The number of nitrogens with one attached hydrogen (secondary N) is 1. The summed E-state index contributed by atoms with van der Waals surface area (Å²) in [7, 11) is 0. The SMILES string of the molecule is O=C(O)c1ccc(C2(NC(=O)c3cc(Cl)cnc3N3CCC[C@@H]3COc3cccc(F)c3)CC2)cc1. The Hall–Kier alpha value is -3.65. The van der Waals surface area contributed by atoms with Crippen molar-refractivity contribution < 1.29 is 23.8 Å². The number of pyridine rings is 1. The molecule has 1 saturated carbocycles. The van der Waals surface area contributed by atoms with Crippen LogP contribution in [0, 0.1) is 5.82 Å². The van der Waals surface area contributed by atoms with Crippen LogP contribution < -0.4 is 15.0 Å². The number of hydrogen-bond donors (Lipinski definition) is 2. The molecular formula is C27H25ClFN3O4. The Labute approximate surface area is 212 Å². The third-order valence-corrected chi connectivity index (χ3v) is 6.96. The third kappa shape index (κ3) is 4.99. The number of ether oxygens (including phenoxy) is 1. The van der Waals surface area contributed by atoms with Crippen LogP contribution >= 0.6 is 11.6 Å². The summed E-state index contributed by atoms with van der Waals surface area (Å²) in [5, 5.41) is 12.7. The first-order valence-electron chi connectivity index (χ1n) is 11.8. The van der Waals surface area contributed by atoms with Crippen molar-refractivity contribution in [2.45, 2.75) is 37.3 Å². The van der Waals surface area contributed by atoms with Gasteiger partial charge in [0.15, 0.2) is 0 Å². The standard InChI is InChI=1S/C27H25ClFN3O4/c28-19-13-23(25(33)31-27(10-11-27)18-8-6-17(7-9-18)26(34)35)24(30-15-19)32-12-2-4-21(32)16-36-22-5-1-3-20(29)14-22/h1,3,5-9,13-15,21H,2,4,10-12,16H2,(H,31,33)(H,34,35)/t21-/m1/s1. The summed E-state index contributed by atoms with van der Waals surface area (Å²) >= 11 is 6.23. The highest BCUT2D eigenvalue weighted by Gasteiger charge is 2.46. The number of carboxylic acid groups (broad SMARTS) is 1. The zero-order valence-corrected chi connectivity index (χ0v) is 20.2. The van der Waals surface area contributed by atoms with Crippen molar-refractivity contribution in [2.75, 3.05) is 18.1 Å². The number of carbonyl (C=O) groups is 2. The maximum absolute atomic E-state index is 13.5. The second-order valence-corrected chi connectivity index (χ2v) is 9.64. The number of benzene rings is 2. The Balaban J connectivity index is 1.35. The maximum atomic E-state index is 13.5. The lowest BCUT2D eigenvalue weighted by Crippen LogP contribution is -2.39. The minimum atomic E-state index is -0.994. The minimum absolute atomic E-state index is 0.0352. The first kappa shape index (κ1) is 24.1. The highest BCUT2D eigenvalue weighted by atomic mass is 35.5. The quantitative estimate of drug-likeness (QED) is 0.442. The van der Waals surface area contributed by atoms with Crippen LogP contribution in [0.2, 0.25) is 5.02 Å². The zero-order valence-electron chi connectivity index (χ0n) is 19.4. The molecule has 2 N–H and O–H groups in total. The molecule has 1 aliphatic carbocycles. The van der Waals surface area contributed by atoms with Crippen molar-refractivity contribution in [3.05, 3.63) is 88.3 Å². The number of amides is 1. The fraction of sp³-hybridized carbons (Fsp3) is 0.296. The van der Waals surface area contributed by atoms with Crippen molar-refractivity contribution in [1.29, 1.82) is 0 Å². The molecule has 0 spiro atoms. The fourth-order valence-corrected chi connectivity index (χ4v) is 4.85. The van der Waals surface area contributed by atoms with Gasteiger partial charge in [0, 0.05) is 18.8 Å². The number of halogens is 2. The van der Waals surface area contributed by atoms with E-state index in [4.69, 9.17) is 21.4 Å². The molecule has 2 fully saturated rings. The first-order valence-corrected chi connectivity index (χ1v) is 12.2. The molecule has 0 radical (unpaired) electrons. The van der Waals surface area contributed by atoms with Crippen LogP contribution in [0.25, 0.3) is 0 Å². The average molecular weight is 510 g/mol. The normalized spacial score (nSPS) is 18.1. The van der Waals surface area contributed by atoms with E-state index in [1.807, 2.05) is 4.90 Å². The molecule has 1 amide bonds. The van der Waals surface area contributed by atoms with Gasteiger partial charge in [0.25, 0.3) is 5.91 Å². The molecule has 9 heteroatoms. The van der Waals surface area contributed by atoms with E-state index in [9.17, 15) is 14.0 Å². The van der Waals surface area contributed by atoms with Crippen LogP contribution in [-0.2, 0) is 5.54 Å². The summed E-state index contributed by atoms with van der Waals surface area (Å²) in [4.78, 5) is 31.2. The van der Waals surface area contributed by atoms with E-state index in [1.165, 1.54) is 18.3 Å². The van der Waals surface area contributed by atoms with Crippen LogP contribution in [0.5, 0.6) is 5.75 Å². The number of nitrogens with zero attached hydrogens (tertiary/aromatic N) is 2. The molecule has 1 aliphatic heterocycles. The van der Waals surface area contributed by atoms with Crippen LogP contribution in [0.4, 0.5) is 10.2 Å². The number of carboxylic acids is 1. The lowest BCUT2D eigenvalue weighted by molar-refractivity contribution is 0.0696. The molecule has 3 aromatic rings. The topological polar surface area (TPSA) is 91.8 Å². The van der Waals surface area contributed by atoms with Gasteiger partial charge in [-0.3, -0.25) is 4.79 Å². The number of anilines is 1. The molecule has 0 unspecified atom stereocenters. The Bertz CT molecular complexity index is 1300. The van der Waals surface area contributed by atoms with Gasteiger partial charge in [-0.15, -0.1) is 0 Å². The minimum Gasteiger partial charge on any atom is -0.491 e. The van der Waals surface area contributed by atoms with Gasteiger partial charge >= 0.3 is 5.97 Å². The average Bonchev–Trinajstić information content (AvgIpc) is 3.50. The predicted octanol–water partition coefficient (Wildman–Crippen LogP) is 5.04. The van der Waals surface area contributed by atoms with Gasteiger partial charge in [-0.2, -0.15) is 0 Å². The second kappa shape index (κ2) is 9.78. The van der Waals surface area contributed by atoms with Gasteiger partial charge in [0.05, 0.1) is 27.7 Å². The molecule has 5 rings (SSSR count). The number of carbonyl (C=O) groups excluding carboxylic acids is 1. The number of rotatable bonds is 8. The molecule has 186 valence electrons. The highest BCUT2D eigenvalue weighted by molar-refractivity contribution is 6.31. The van der Waals surface area contributed by atoms with Crippen LogP contribution in [-0.4, -0.2) is 41.2 Å². The summed E-state index contributed by atoms with van der Waals surface area (Å²) in [6, 6.07) is 14.2. The van der Waals surface area contributed by atoms with Crippen molar-refractivity contribution in [3.63, 3.8) is 0 Å². The Kier molecular flexibility index (Phi) is 6.53. The third-order valence-electron chi connectivity index (χ3n) is 6.75. The smallest absolute Gasteiger partial charge is 0.335 e. The summed E-state index contributed by atoms with van der Waals surface area (Å²) in [5.41, 5.74) is 0.884. The number of aromatic carboxylic acids is 1. The van der Waals surface area contributed by atoms with E-state index < -0.39 is 11.5 Å². The molecule has 0 bridgehead atoms. The van der Waals surface area contributed by atoms with E-state index in [2.05, 4.69) is 10.3 Å². The summed E-state index contributed by atoms with van der Waals surface area (Å²) in [5.74, 6) is -0.670. The molecular weight excluding hydrogens is 485 g/mol. The molecule has 1 aromatic heterocycles. The van der Waals surface area contributed by atoms with Crippen LogP contribution in [0.1, 0.15) is 52.0 Å². The van der Waals surface area contributed by atoms with Gasteiger partial charge in [-0.05, 0) is 61.6 Å². The van der Waals surface area contributed by atoms with Gasteiger partial charge in [0.1, 0.15) is 24.0 Å². The van der Waals surface area contributed by atoms with E-state index >= 15 is 0 Å². The summed E-state index contributed by atoms with van der Waals surface area (Å²) in [6.07, 6.45) is 4.78. The zero-order chi connectivity index (χ0) is 25.3. The maximum Gasteiger partial charge on any atom is 0.335 e. The van der Waals surface area contributed by atoms with Crippen molar-refractivity contribution in [3.8, 4) is 5.75 Å². The lowest BCUT2D eigenvalue weighted by atomic mass is 10.0. The monoisotopic (exact) mass is 509 g/mol. The van der Waals surface area contributed by atoms with Gasteiger partial charge in [0.2, 0.25) is 0 Å². The fourth-order valence-electron chi connectivity index (χ4n) is 4.69. The molecule has 36 heavy (non-hydrogen) atoms. The van der Waals surface area contributed by atoms with Crippen LogP contribution in [0.15, 0.2) is 60.8 Å². The van der Waals surface area contributed by atoms with E-state index in [0.29, 0.717) is 35.3 Å². The highest BCUT2D eigenvalue weighted by Crippen LogP contribution is 2.46. The van der Waals surface area contributed by atoms with Gasteiger partial charge in [-0.25, -0.2) is 14.2 Å². The molecule has 1 atom stereocenters. The van der Waals surface area contributed by atoms with Crippen molar-refractivity contribution >= 4 is 29.3 Å². The molecule has 2 aliphatic rings. The molecule has 7 nitrogen and oxygen atoms in total. The summed E-state index contributed by atoms with van der Waals surface area (Å²) < 4.78 is 19.4. The number of aromatic nitrogens is 1. The molecule has 2 aromatic carbocycles. The Morgan fingerprint density at radius 1 is 1.19 bits per heavy atom. The second-order valence-electron chi connectivity index (χ2n) is 9.20. The number of hydrogen-bond acceptors (Lipinski definition) is 5. The van der Waals surface area contributed by atoms with E-state index in [-0.39, 0.29) is 23.3 Å². The van der Waals surface area contributed by atoms with Crippen LogP contribution in [0.3, 0.4) is 0 Å². The van der Waals surface area contributed by atoms with Crippen molar-refractivity contribution in [2.24, 2.45) is 0 Å². The van der Waals surface area contributed by atoms with Crippen molar-refractivity contribution in [1.82, 2.24) is 10.3 Å². The first-order chi connectivity index (χ1) is 17.3. The van der Waals surface area contributed by atoms with E-state index in [0.717, 1.165) is 31.2 Å².